The molecule has 0 radical (unpaired) electrons. The topological polar surface area (TPSA) is 38.7 Å². The van der Waals surface area contributed by atoms with Crippen LogP contribution in [0.4, 0.5) is 0 Å². The van der Waals surface area contributed by atoms with Crippen LogP contribution in [0.2, 0.25) is 0 Å². The molecule has 0 unspecified atom stereocenters. The lowest BCUT2D eigenvalue weighted by Gasteiger charge is -2.14. The van der Waals surface area contributed by atoms with Gasteiger partial charge in [0.1, 0.15) is 0 Å². The van der Waals surface area contributed by atoms with Crippen molar-refractivity contribution in [2.45, 2.75) is 40.5 Å². The monoisotopic (exact) mass is 663 g/mol. The average Bonchev–Trinajstić information content (AvgIpc) is 3.18. The van der Waals surface area contributed by atoms with E-state index in [4.69, 9.17) is 15.0 Å². The molecule has 1 aromatic heterocycles. The zero-order valence-electron chi connectivity index (χ0n) is 30.0. The van der Waals surface area contributed by atoms with E-state index in [1.807, 2.05) is 18.2 Å². The largest absolute Gasteiger partial charge is 0.208 e. The van der Waals surface area contributed by atoms with Crippen molar-refractivity contribution >= 4 is 5.57 Å². The lowest BCUT2D eigenvalue weighted by Crippen LogP contribution is -2.01. The summed E-state index contributed by atoms with van der Waals surface area (Å²) in [5.74, 6) is 2.44. The molecule has 0 aliphatic carbocycles. The molecule has 0 atom stereocenters. The molecule has 0 amide bonds. The third-order valence-electron chi connectivity index (χ3n) is 8.60. The van der Waals surface area contributed by atoms with Crippen LogP contribution in [-0.4, -0.2) is 15.0 Å². The summed E-state index contributed by atoms with van der Waals surface area (Å²) in [7, 11) is 0. The van der Waals surface area contributed by atoms with Gasteiger partial charge in [0.2, 0.25) is 0 Å². The molecule has 0 bridgehead atoms. The molecule has 0 saturated carbocycles. The van der Waals surface area contributed by atoms with E-state index in [9.17, 15) is 0 Å². The van der Waals surface area contributed by atoms with Crippen molar-refractivity contribution < 1.29 is 0 Å². The number of hydrogen-bond donors (Lipinski definition) is 0. The first kappa shape index (κ1) is 34.9. The van der Waals surface area contributed by atoms with Crippen molar-refractivity contribution in [1.82, 2.24) is 15.0 Å². The second-order valence-corrected chi connectivity index (χ2v) is 12.9. The van der Waals surface area contributed by atoms with E-state index in [2.05, 4.69) is 179 Å². The van der Waals surface area contributed by atoms with Crippen LogP contribution >= 0.6 is 0 Å². The lowest BCUT2D eigenvalue weighted by molar-refractivity contribution is 0.832. The SMILES string of the molecule is C/C=C(\C=C/CC)c1cc(-c2ccccc2)cc(-c2nc(-c3ccccc3)nc(-c3cc(C/C=C\C=C/C(C)C)cc(-c4ccccc4)c3)n2)c1. The van der Waals surface area contributed by atoms with Crippen LogP contribution in [0.15, 0.2) is 170 Å². The van der Waals surface area contributed by atoms with Gasteiger partial charge in [-0.25, -0.2) is 15.0 Å². The van der Waals surface area contributed by atoms with E-state index >= 15 is 0 Å². The summed E-state index contributed by atoms with van der Waals surface area (Å²) in [4.78, 5) is 15.5. The van der Waals surface area contributed by atoms with Gasteiger partial charge in [0.05, 0.1) is 0 Å². The Bertz CT molecular complexity index is 2170. The molecular formula is C48H45N3. The fourth-order valence-corrected chi connectivity index (χ4v) is 5.98. The van der Waals surface area contributed by atoms with Crippen molar-refractivity contribution in [3.05, 3.63) is 181 Å². The highest BCUT2D eigenvalue weighted by molar-refractivity contribution is 5.82. The predicted octanol–water partition coefficient (Wildman–Crippen LogP) is 12.9. The van der Waals surface area contributed by atoms with Gasteiger partial charge in [-0.1, -0.05) is 160 Å². The summed E-state index contributed by atoms with van der Waals surface area (Å²) >= 11 is 0. The maximum absolute atomic E-state index is 5.24. The van der Waals surface area contributed by atoms with Crippen molar-refractivity contribution in [2.75, 3.05) is 0 Å². The Hall–Kier alpha value is -5.93. The molecule has 0 spiro atoms. The van der Waals surface area contributed by atoms with Gasteiger partial charge in [0, 0.05) is 16.7 Å². The number of benzene rings is 5. The standard InChI is InChI=1S/C48H45N3/c1-5-7-22-37(6-2)42-31-43(39-25-16-10-17-26-39)34-45(33-42)48-50-46(40-27-18-11-19-28-40)49-47(51-48)44-30-36(21-13-8-12-20-35(3)4)29-41(32-44)38-23-14-9-15-24-38/h6-20,22-35H,5,21H2,1-4H3/b13-8-,20-12-,22-7-,37-6+. The molecule has 0 aliphatic heterocycles. The third kappa shape index (κ3) is 9.20. The van der Waals surface area contributed by atoms with Gasteiger partial charge in [-0.3, -0.25) is 0 Å². The van der Waals surface area contributed by atoms with Gasteiger partial charge in [-0.05, 0) is 95.0 Å². The fraction of sp³-hybridized carbons (Fsp3) is 0.146. The molecule has 0 fully saturated rings. The highest BCUT2D eigenvalue weighted by Crippen LogP contribution is 2.33. The molecule has 252 valence electrons. The van der Waals surface area contributed by atoms with Crippen LogP contribution < -0.4 is 0 Å². The second kappa shape index (κ2) is 17.1. The quantitative estimate of drug-likeness (QED) is 0.122. The number of allylic oxidation sites excluding steroid dienone is 8. The Morgan fingerprint density at radius 2 is 1.04 bits per heavy atom. The van der Waals surface area contributed by atoms with E-state index in [1.54, 1.807) is 0 Å². The molecule has 0 N–H and O–H groups in total. The fourth-order valence-electron chi connectivity index (χ4n) is 5.98. The van der Waals surface area contributed by atoms with Crippen LogP contribution in [0, 0.1) is 5.92 Å². The van der Waals surface area contributed by atoms with Crippen molar-refractivity contribution in [2.24, 2.45) is 5.92 Å². The number of rotatable bonds is 12. The molecule has 5 aromatic carbocycles. The molecule has 6 rings (SSSR count). The maximum Gasteiger partial charge on any atom is 0.164 e. The molecule has 3 heteroatoms. The van der Waals surface area contributed by atoms with Gasteiger partial charge in [0.25, 0.3) is 0 Å². The second-order valence-electron chi connectivity index (χ2n) is 12.9. The highest BCUT2D eigenvalue weighted by Gasteiger charge is 2.16. The van der Waals surface area contributed by atoms with Crippen molar-refractivity contribution in [1.29, 1.82) is 0 Å². The van der Waals surface area contributed by atoms with Crippen LogP contribution in [0.1, 0.15) is 45.2 Å². The zero-order chi connectivity index (χ0) is 35.4. The summed E-state index contributed by atoms with van der Waals surface area (Å²) in [6, 6.07) is 44.6. The molecular weight excluding hydrogens is 619 g/mol. The summed E-state index contributed by atoms with van der Waals surface area (Å²) in [5.41, 5.74) is 10.9. The average molecular weight is 664 g/mol. The van der Waals surface area contributed by atoms with E-state index in [1.165, 1.54) is 5.56 Å². The van der Waals surface area contributed by atoms with Gasteiger partial charge >= 0.3 is 0 Å². The van der Waals surface area contributed by atoms with Crippen LogP contribution in [-0.2, 0) is 6.42 Å². The Kier molecular flexibility index (Phi) is 11.7. The van der Waals surface area contributed by atoms with Gasteiger partial charge in [-0.15, -0.1) is 0 Å². The smallest absolute Gasteiger partial charge is 0.164 e. The normalized spacial score (nSPS) is 12.1. The molecule has 6 aromatic rings. The van der Waals surface area contributed by atoms with Crippen molar-refractivity contribution in [3.8, 4) is 56.4 Å². The maximum atomic E-state index is 5.24. The predicted molar refractivity (Wildman–Crippen MR) is 217 cm³/mol. The van der Waals surface area contributed by atoms with E-state index in [-0.39, 0.29) is 0 Å². The number of nitrogens with zero attached hydrogens (tertiary/aromatic N) is 3. The summed E-state index contributed by atoms with van der Waals surface area (Å²) in [6.45, 7) is 8.62. The molecule has 51 heavy (non-hydrogen) atoms. The van der Waals surface area contributed by atoms with Crippen LogP contribution in [0.25, 0.3) is 62.0 Å². The molecule has 1 heterocycles. The lowest BCUT2D eigenvalue weighted by atomic mass is 9.95. The minimum atomic E-state index is 0.515. The van der Waals surface area contributed by atoms with E-state index in [0.717, 1.165) is 62.9 Å². The summed E-state index contributed by atoms with van der Waals surface area (Å²) in [6.07, 6.45) is 17.0. The van der Waals surface area contributed by atoms with Gasteiger partial charge < -0.3 is 0 Å². The molecule has 0 aliphatic rings. The first-order valence-corrected chi connectivity index (χ1v) is 17.9. The summed E-state index contributed by atoms with van der Waals surface area (Å²) in [5, 5.41) is 0. The van der Waals surface area contributed by atoms with E-state index in [0.29, 0.717) is 23.4 Å². The Labute approximate surface area is 303 Å². The van der Waals surface area contributed by atoms with Gasteiger partial charge in [-0.2, -0.15) is 0 Å². The summed E-state index contributed by atoms with van der Waals surface area (Å²) < 4.78 is 0. The minimum Gasteiger partial charge on any atom is -0.208 e. The van der Waals surface area contributed by atoms with Crippen molar-refractivity contribution in [3.63, 3.8) is 0 Å². The van der Waals surface area contributed by atoms with Crippen LogP contribution in [0.3, 0.4) is 0 Å². The first-order valence-electron chi connectivity index (χ1n) is 17.9. The molecule has 3 nitrogen and oxygen atoms in total. The Morgan fingerprint density at radius 3 is 1.59 bits per heavy atom. The Balaban J connectivity index is 1.55. The van der Waals surface area contributed by atoms with Gasteiger partial charge in [0.15, 0.2) is 17.5 Å². The van der Waals surface area contributed by atoms with E-state index < -0.39 is 0 Å². The third-order valence-corrected chi connectivity index (χ3v) is 8.60. The number of hydrogen-bond acceptors (Lipinski definition) is 3. The highest BCUT2D eigenvalue weighted by atomic mass is 15.0. The number of aromatic nitrogens is 3. The zero-order valence-corrected chi connectivity index (χ0v) is 30.0. The molecule has 0 saturated heterocycles. The van der Waals surface area contributed by atoms with Crippen LogP contribution in [0.5, 0.6) is 0 Å². The Morgan fingerprint density at radius 1 is 0.549 bits per heavy atom. The minimum absolute atomic E-state index is 0.515. The first-order chi connectivity index (χ1) is 25.0.